The van der Waals surface area contributed by atoms with Crippen molar-refractivity contribution in [2.75, 3.05) is 11.9 Å². The molecule has 84 valence electrons. The second-order valence-corrected chi connectivity index (χ2v) is 3.78. The highest BCUT2D eigenvalue weighted by atomic mass is 35.5. The first-order valence-electron chi connectivity index (χ1n) is 4.63. The van der Waals surface area contributed by atoms with E-state index in [0.29, 0.717) is 16.3 Å². The Bertz CT molecular complexity index is 454. The van der Waals surface area contributed by atoms with E-state index in [1.54, 1.807) is 32.2 Å². The number of anilines is 1. The molecule has 5 heteroatoms. The molecular formula is C11H11ClN2O2. The first kappa shape index (κ1) is 12.3. The maximum atomic E-state index is 10.8. The summed E-state index contributed by atoms with van der Waals surface area (Å²) in [6.45, 7) is 1.55. The fourth-order valence-electron chi connectivity index (χ4n) is 1.29. The van der Waals surface area contributed by atoms with Crippen LogP contribution in [-0.2, 0) is 4.79 Å². The quantitative estimate of drug-likeness (QED) is 0.876. The van der Waals surface area contributed by atoms with E-state index in [4.69, 9.17) is 22.0 Å². The maximum absolute atomic E-state index is 10.8. The Morgan fingerprint density at radius 2 is 2.25 bits per heavy atom. The minimum atomic E-state index is -0.952. The monoisotopic (exact) mass is 238 g/mol. The van der Waals surface area contributed by atoms with Gasteiger partial charge < -0.3 is 10.0 Å². The molecule has 0 fully saturated rings. The third kappa shape index (κ3) is 2.26. The normalized spacial score (nSPS) is 11.6. The Labute approximate surface area is 98.7 Å². The van der Waals surface area contributed by atoms with Gasteiger partial charge in [-0.1, -0.05) is 17.7 Å². The zero-order valence-electron chi connectivity index (χ0n) is 8.94. The van der Waals surface area contributed by atoms with Crippen LogP contribution in [0, 0.1) is 11.3 Å². The number of nitrogens with zero attached hydrogens (tertiary/aromatic N) is 2. The molecular weight excluding hydrogens is 228 g/mol. The van der Waals surface area contributed by atoms with Gasteiger partial charge in [-0.3, -0.25) is 0 Å². The summed E-state index contributed by atoms with van der Waals surface area (Å²) in [7, 11) is 1.62. The second-order valence-electron chi connectivity index (χ2n) is 3.37. The van der Waals surface area contributed by atoms with Crippen LogP contribution in [0.2, 0.25) is 5.02 Å². The molecule has 1 rings (SSSR count). The maximum Gasteiger partial charge on any atom is 0.326 e. The molecule has 16 heavy (non-hydrogen) atoms. The van der Waals surface area contributed by atoms with Gasteiger partial charge in [-0.05, 0) is 19.1 Å². The summed E-state index contributed by atoms with van der Waals surface area (Å²) in [5.41, 5.74) is 0.810. The predicted octanol–water partition coefficient (Wildman–Crippen LogP) is 2.12. The number of hydrogen-bond donors (Lipinski definition) is 1. The topological polar surface area (TPSA) is 64.3 Å². The van der Waals surface area contributed by atoms with Crippen LogP contribution < -0.4 is 4.90 Å². The number of benzene rings is 1. The molecule has 0 bridgehead atoms. The van der Waals surface area contributed by atoms with E-state index in [9.17, 15) is 4.79 Å². The molecule has 0 radical (unpaired) electrons. The van der Waals surface area contributed by atoms with Crippen molar-refractivity contribution in [2.24, 2.45) is 0 Å². The van der Waals surface area contributed by atoms with Crippen LogP contribution in [0.25, 0.3) is 0 Å². The molecule has 1 N–H and O–H groups in total. The van der Waals surface area contributed by atoms with Gasteiger partial charge in [0.1, 0.15) is 12.1 Å². The summed E-state index contributed by atoms with van der Waals surface area (Å²) in [5.74, 6) is -0.952. The third-order valence-corrected chi connectivity index (χ3v) is 2.74. The first-order chi connectivity index (χ1) is 7.49. The number of hydrogen-bond acceptors (Lipinski definition) is 3. The molecule has 0 aliphatic rings. The van der Waals surface area contributed by atoms with Crippen molar-refractivity contribution in [1.29, 1.82) is 5.26 Å². The summed E-state index contributed by atoms with van der Waals surface area (Å²) in [6, 6.07) is 6.21. The van der Waals surface area contributed by atoms with E-state index in [-0.39, 0.29) is 0 Å². The average Bonchev–Trinajstić information content (AvgIpc) is 2.26. The van der Waals surface area contributed by atoms with Crippen LogP contribution in [0.5, 0.6) is 0 Å². The number of nitriles is 1. The molecule has 0 aliphatic carbocycles. The predicted molar refractivity (Wildman–Crippen MR) is 61.7 cm³/mol. The molecule has 0 heterocycles. The zero-order valence-corrected chi connectivity index (χ0v) is 9.69. The highest BCUT2D eigenvalue weighted by Gasteiger charge is 2.20. The van der Waals surface area contributed by atoms with Gasteiger partial charge in [-0.15, -0.1) is 0 Å². The molecule has 0 saturated heterocycles. The summed E-state index contributed by atoms with van der Waals surface area (Å²) in [5, 5.41) is 18.2. The fraction of sp³-hybridized carbons (Fsp3) is 0.273. The summed E-state index contributed by atoms with van der Waals surface area (Å²) >= 11 is 5.86. The Morgan fingerprint density at radius 3 is 2.75 bits per heavy atom. The first-order valence-corrected chi connectivity index (χ1v) is 5.01. The van der Waals surface area contributed by atoms with Crippen molar-refractivity contribution < 1.29 is 9.90 Å². The van der Waals surface area contributed by atoms with Crippen molar-refractivity contribution in [3.63, 3.8) is 0 Å². The average molecular weight is 239 g/mol. The minimum absolute atomic E-state index is 0.291. The van der Waals surface area contributed by atoms with Crippen molar-refractivity contribution in [1.82, 2.24) is 0 Å². The van der Waals surface area contributed by atoms with Gasteiger partial charge in [0.25, 0.3) is 0 Å². The number of carboxylic acid groups (broad SMARTS) is 1. The number of aliphatic carboxylic acids is 1. The number of likely N-dealkylation sites (N-methyl/N-ethyl adjacent to an activating group) is 1. The van der Waals surface area contributed by atoms with Gasteiger partial charge in [-0.2, -0.15) is 5.26 Å². The molecule has 0 aliphatic heterocycles. The molecule has 1 atom stereocenters. The van der Waals surface area contributed by atoms with Crippen LogP contribution in [0.4, 0.5) is 5.69 Å². The molecule has 1 unspecified atom stereocenters. The summed E-state index contributed by atoms with van der Waals surface area (Å²) in [6.07, 6.45) is 0. The molecule has 0 saturated carbocycles. The number of carboxylic acids is 1. The van der Waals surface area contributed by atoms with Crippen molar-refractivity contribution in [3.05, 3.63) is 28.8 Å². The Morgan fingerprint density at radius 1 is 1.62 bits per heavy atom. The smallest absolute Gasteiger partial charge is 0.326 e. The van der Waals surface area contributed by atoms with E-state index in [1.807, 2.05) is 6.07 Å². The highest BCUT2D eigenvalue weighted by molar-refractivity contribution is 6.32. The lowest BCUT2D eigenvalue weighted by Crippen LogP contribution is -2.36. The standard InChI is InChI=1S/C11H11ClN2O2/c1-7(11(15)16)14(2)10-5-3-4-9(12)8(10)6-13/h3-5,7H,1-2H3,(H,15,16). The lowest BCUT2D eigenvalue weighted by Gasteiger charge is -2.24. The zero-order chi connectivity index (χ0) is 12.3. The minimum Gasteiger partial charge on any atom is -0.480 e. The van der Waals surface area contributed by atoms with Gasteiger partial charge in [0.05, 0.1) is 16.3 Å². The van der Waals surface area contributed by atoms with Gasteiger partial charge in [-0.25, -0.2) is 4.79 Å². The summed E-state index contributed by atoms with van der Waals surface area (Å²) < 4.78 is 0. The van der Waals surface area contributed by atoms with Crippen LogP contribution >= 0.6 is 11.6 Å². The van der Waals surface area contributed by atoms with Crippen molar-refractivity contribution >= 4 is 23.3 Å². The SMILES string of the molecule is CC(C(=O)O)N(C)c1cccc(Cl)c1C#N. The number of carbonyl (C=O) groups is 1. The van der Waals surface area contributed by atoms with E-state index >= 15 is 0 Å². The van der Waals surface area contributed by atoms with Crippen LogP contribution in [0.3, 0.4) is 0 Å². The largest absolute Gasteiger partial charge is 0.480 e. The Hall–Kier alpha value is -1.73. The van der Waals surface area contributed by atoms with Gasteiger partial charge in [0, 0.05) is 7.05 Å². The van der Waals surface area contributed by atoms with E-state index in [2.05, 4.69) is 0 Å². The van der Waals surface area contributed by atoms with E-state index in [0.717, 1.165) is 0 Å². The molecule has 0 amide bonds. The number of halogens is 1. The molecule has 0 aromatic heterocycles. The van der Waals surface area contributed by atoms with Gasteiger partial charge in [0.2, 0.25) is 0 Å². The molecule has 1 aromatic carbocycles. The van der Waals surface area contributed by atoms with Crippen LogP contribution in [-0.4, -0.2) is 24.2 Å². The van der Waals surface area contributed by atoms with Crippen molar-refractivity contribution in [2.45, 2.75) is 13.0 Å². The Balaban J connectivity index is 3.19. The molecule has 1 aromatic rings. The third-order valence-electron chi connectivity index (χ3n) is 2.42. The summed E-state index contributed by atoms with van der Waals surface area (Å²) in [4.78, 5) is 12.3. The fourth-order valence-corrected chi connectivity index (χ4v) is 1.50. The Kier molecular flexibility index (Phi) is 3.75. The van der Waals surface area contributed by atoms with E-state index in [1.165, 1.54) is 4.90 Å². The van der Waals surface area contributed by atoms with E-state index < -0.39 is 12.0 Å². The highest BCUT2D eigenvalue weighted by Crippen LogP contribution is 2.27. The van der Waals surface area contributed by atoms with Gasteiger partial charge in [0.15, 0.2) is 0 Å². The van der Waals surface area contributed by atoms with Gasteiger partial charge >= 0.3 is 5.97 Å². The van der Waals surface area contributed by atoms with Crippen LogP contribution in [0.1, 0.15) is 12.5 Å². The second kappa shape index (κ2) is 4.86. The van der Waals surface area contributed by atoms with Crippen molar-refractivity contribution in [3.8, 4) is 6.07 Å². The molecule has 4 nitrogen and oxygen atoms in total. The number of rotatable bonds is 3. The lowest BCUT2D eigenvalue weighted by molar-refractivity contribution is -0.138. The lowest BCUT2D eigenvalue weighted by atomic mass is 10.1. The molecule has 0 spiro atoms. The van der Waals surface area contributed by atoms with Crippen LogP contribution in [0.15, 0.2) is 18.2 Å².